The van der Waals surface area contributed by atoms with Crippen LogP contribution >= 0.6 is 0 Å². The van der Waals surface area contributed by atoms with Crippen molar-refractivity contribution in [3.05, 3.63) is 29.8 Å². The molecule has 4 nitrogen and oxygen atoms in total. The summed E-state index contributed by atoms with van der Waals surface area (Å²) in [7, 11) is 0. The fourth-order valence-electron chi connectivity index (χ4n) is 1.04. The molecule has 0 spiro atoms. The summed E-state index contributed by atoms with van der Waals surface area (Å²) in [5, 5.41) is 0. The molecule has 12 heavy (non-hydrogen) atoms. The topological polar surface area (TPSA) is 55.8 Å². The first-order valence-corrected chi connectivity index (χ1v) is 4.48. The van der Waals surface area contributed by atoms with Gasteiger partial charge in [0.2, 0.25) is 5.44 Å². The number of para-hydroxylation sites is 1. The molecule has 0 fully saturated rings. The smallest absolute Gasteiger partial charge is 0.233 e. The lowest BCUT2D eigenvalue weighted by Crippen LogP contribution is -2.03. The van der Waals surface area contributed by atoms with Crippen LogP contribution in [0.2, 0.25) is 0 Å². The van der Waals surface area contributed by atoms with Gasteiger partial charge < -0.3 is 9.44 Å². The Bertz CT molecular complexity index is 325. The molecule has 5 heteroatoms. The second-order valence-corrected chi connectivity index (χ2v) is 3.31. The van der Waals surface area contributed by atoms with Gasteiger partial charge in [-0.05, 0) is 6.07 Å². The van der Waals surface area contributed by atoms with Gasteiger partial charge in [-0.15, -0.1) is 0 Å². The van der Waals surface area contributed by atoms with E-state index in [0.717, 1.165) is 0 Å². The van der Waals surface area contributed by atoms with E-state index in [1.807, 2.05) is 0 Å². The van der Waals surface area contributed by atoms with E-state index in [4.69, 9.17) is 9.44 Å². The summed E-state index contributed by atoms with van der Waals surface area (Å²) < 4.78 is 19.4. The van der Waals surface area contributed by atoms with Gasteiger partial charge in [0, 0.05) is 5.56 Å². The van der Waals surface area contributed by atoms with Crippen molar-refractivity contribution in [3.8, 4) is 5.75 Å². The second-order valence-electron chi connectivity index (χ2n) is 2.33. The van der Waals surface area contributed by atoms with Crippen LogP contribution in [-0.4, -0.2) is 8.76 Å². The van der Waals surface area contributed by atoms with Crippen LogP contribution in [0, 0.1) is 0 Å². The van der Waals surface area contributed by atoms with Crippen molar-refractivity contribution in [3.63, 3.8) is 0 Å². The monoisotopic (exact) mass is 186 g/mol. The Labute approximate surface area is 71.3 Å². The number of hydrogen-bond acceptors (Lipinski definition) is 3. The van der Waals surface area contributed by atoms with Crippen LogP contribution in [0.1, 0.15) is 11.0 Å². The van der Waals surface area contributed by atoms with Gasteiger partial charge in [0.05, 0.1) is 0 Å². The summed E-state index contributed by atoms with van der Waals surface area (Å²) in [6.07, 6.45) is 0. The number of rotatable bonds is 1. The molecule has 1 aromatic rings. The van der Waals surface area contributed by atoms with Gasteiger partial charge >= 0.3 is 0 Å². The van der Waals surface area contributed by atoms with Gasteiger partial charge in [-0.3, -0.25) is 0 Å². The molecule has 2 atom stereocenters. The summed E-state index contributed by atoms with van der Waals surface area (Å²) >= 11 is -2.05. The first-order chi connectivity index (χ1) is 5.79. The molecule has 1 aliphatic heterocycles. The zero-order valence-corrected chi connectivity index (χ0v) is 6.78. The SMILES string of the molecule is O=S(O)C1OOc2ccccc21. The Kier molecular flexibility index (Phi) is 1.84. The molecule has 2 unspecified atom stereocenters. The molecular formula is C7H6O4S. The van der Waals surface area contributed by atoms with Crippen molar-refractivity contribution in [2.75, 3.05) is 0 Å². The van der Waals surface area contributed by atoms with Crippen molar-refractivity contribution in [2.24, 2.45) is 0 Å². The highest BCUT2D eigenvalue weighted by Gasteiger charge is 2.30. The van der Waals surface area contributed by atoms with E-state index >= 15 is 0 Å². The Morgan fingerprint density at radius 3 is 2.92 bits per heavy atom. The third-order valence-corrected chi connectivity index (χ3v) is 2.28. The average Bonchev–Trinajstić information content (AvgIpc) is 2.47. The lowest BCUT2D eigenvalue weighted by Gasteiger charge is -1.99. The summed E-state index contributed by atoms with van der Waals surface area (Å²) in [4.78, 5) is 9.35. The van der Waals surface area contributed by atoms with Gasteiger partial charge in [0.15, 0.2) is 16.8 Å². The highest BCUT2D eigenvalue weighted by molar-refractivity contribution is 7.79. The highest BCUT2D eigenvalue weighted by atomic mass is 32.2. The van der Waals surface area contributed by atoms with Crippen molar-refractivity contribution in [1.82, 2.24) is 0 Å². The minimum Gasteiger partial charge on any atom is -0.335 e. The maximum atomic E-state index is 10.7. The summed E-state index contributed by atoms with van der Waals surface area (Å²) in [5.41, 5.74) is -0.264. The van der Waals surface area contributed by atoms with Crippen molar-refractivity contribution in [1.29, 1.82) is 0 Å². The van der Waals surface area contributed by atoms with Gasteiger partial charge in [-0.25, -0.2) is 4.21 Å². The molecule has 0 saturated carbocycles. The molecule has 0 bridgehead atoms. The number of benzene rings is 1. The molecule has 0 aromatic heterocycles. The van der Waals surface area contributed by atoms with E-state index in [2.05, 4.69) is 4.89 Å². The molecule has 64 valence electrons. The number of hydrogen-bond donors (Lipinski definition) is 1. The van der Waals surface area contributed by atoms with E-state index in [-0.39, 0.29) is 0 Å². The van der Waals surface area contributed by atoms with Crippen molar-refractivity contribution in [2.45, 2.75) is 5.44 Å². The third kappa shape index (κ3) is 1.12. The zero-order chi connectivity index (χ0) is 8.55. The Hall–Kier alpha value is -0.910. The quantitative estimate of drug-likeness (QED) is 0.529. The summed E-state index contributed by atoms with van der Waals surface area (Å²) in [6.45, 7) is 0. The van der Waals surface area contributed by atoms with Crippen LogP contribution in [0.3, 0.4) is 0 Å². The van der Waals surface area contributed by atoms with Crippen molar-refractivity contribution >= 4 is 11.1 Å². The zero-order valence-electron chi connectivity index (χ0n) is 5.97. The lowest BCUT2D eigenvalue weighted by molar-refractivity contribution is -0.200. The fraction of sp³-hybridized carbons (Fsp3) is 0.143. The normalized spacial score (nSPS) is 22.9. The summed E-state index contributed by atoms with van der Waals surface area (Å²) in [6, 6.07) is 6.91. The van der Waals surface area contributed by atoms with Gasteiger partial charge in [-0.1, -0.05) is 18.2 Å². The number of fused-ring (bicyclic) bond motifs is 1. The van der Waals surface area contributed by atoms with Crippen LogP contribution in [0.4, 0.5) is 0 Å². The molecular weight excluding hydrogens is 180 g/mol. The molecule has 0 amide bonds. The van der Waals surface area contributed by atoms with E-state index in [0.29, 0.717) is 11.3 Å². The molecule has 1 aliphatic rings. The third-order valence-electron chi connectivity index (χ3n) is 1.58. The maximum Gasteiger partial charge on any atom is 0.233 e. The summed E-state index contributed by atoms with van der Waals surface area (Å²) in [5.74, 6) is 0.505. The van der Waals surface area contributed by atoms with E-state index in [1.54, 1.807) is 24.3 Å². The van der Waals surface area contributed by atoms with Crippen LogP contribution in [0.25, 0.3) is 0 Å². The minimum atomic E-state index is -2.05. The van der Waals surface area contributed by atoms with Gasteiger partial charge in [0.25, 0.3) is 0 Å². The molecule has 0 aliphatic carbocycles. The highest BCUT2D eigenvalue weighted by Crippen LogP contribution is 2.35. The predicted octanol–water partition coefficient (Wildman–Crippen LogP) is 1.23. The molecule has 1 N–H and O–H groups in total. The second kappa shape index (κ2) is 2.85. The molecule has 0 saturated heterocycles. The predicted molar refractivity (Wildman–Crippen MR) is 41.7 cm³/mol. The standard InChI is InChI=1S/C7H6O4S/c8-12(9)7-5-3-1-2-4-6(5)10-11-7/h1-4,7H,(H,8,9). The lowest BCUT2D eigenvalue weighted by atomic mass is 10.2. The van der Waals surface area contributed by atoms with E-state index in [9.17, 15) is 4.21 Å². The maximum absolute atomic E-state index is 10.7. The first kappa shape index (κ1) is 7.72. The van der Waals surface area contributed by atoms with Crippen LogP contribution in [0.5, 0.6) is 5.75 Å². The molecule has 1 heterocycles. The minimum absolute atomic E-state index is 0.505. The van der Waals surface area contributed by atoms with Crippen LogP contribution in [0.15, 0.2) is 24.3 Å². The average molecular weight is 186 g/mol. The largest absolute Gasteiger partial charge is 0.335 e. The van der Waals surface area contributed by atoms with Gasteiger partial charge in [-0.2, -0.15) is 4.89 Å². The van der Waals surface area contributed by atoms with Crippen LogP contribution in [-0.2, 0) is 16.0 Å². The van der Waals surface area contributed by atoms with E-state index < -0.39 is 16.5 Å². The molecule has 2 rings (SSSR count). The van der Waals surface area contributed by atoms with Crippen LogP contribution < -0.4 is 4.89 Å². The molecule has 0 radical (unpaired) electrons. The van der Waals surface area contributed by atoms with Gasteiger partial charge in [0.1, 0.15) is 0 Å². The van der Waals surface area contributed by atoms with E-state index in [1.165, 1.54) is 0 Å². The Balaban J connectivity index is 2.42. The Morgan fingerprint density at radius 2 is 2.17 bits per heavy atom. The Morgan fingerprint density at radius 1 is 1.42 bits per heavy atom. The molecule has 1 aromatic carbocycles. The van der Waals surface area contributed by atoms with Crippen molar-refractivity contribution < 1.29 is 18.5 Å². The first-order valence-electron chi connectivity index (χ1n) is 3.31. The fourth-order valence-corrected chi connectivity index (χ4v) is 1.56.